The first-order chi connectivity index (χ1) is 38.8. The normalized spacial score (nSPS) is 58.0. The average molecular weight is 1140 g/mol. The lowest BCUT2D eigenvalue weighted by atomic mass is 9.57. The largest absolute Gasteiger partial charge is 0.393 e. The van der Waals surface area contributed by atoms with E-state index >= 15 is 0 Å². The predicted octanol–water partition coefficient (Wildman–Crippen LogP) is 6.18. The summed E-state index contributed by atoms with van der Waals surface area (Å²) in [4.78, 5) is 0. The molecule has 2 aliphatic carbocycles. The summed E-state index contributed by atoms with van der Waals surface area (Å²) in [5.41, 5.74) is -3.16. The molecule has 2 saturated carbocycles. The Labute approximate surface area is 479 Å². The van der Waals surface area contributed by atoms with Crippen molar-refractivity contribution in [2.24, 2.45) is 22.7 Å². The zero-order chi connectivity index (χ0) is 55.8. The maximum absolute atomic E-state index is 12.5. The summed E-state index contributed by atoms with van der Waals surface area (Å²) in [5, 5.41) is 56.6. The molecule has 0 aromatic heterocycles. The Morgan fingerprint density at radius 1 is 0.444 bits per heavy atom. The van der Waals surface area contributed by atoms with E-state index in [9.17, 15) is 25.5 Å². The molecule has 14 rings (SSSR count). The van der Waals surface area contributed by atoms with Crippen molar-refractivity contribution in [3.05, 3.63) is 36.5 Å². The molecule has 9 saturated heterocycles. The fourth-order valence-electron chi connectivity index (χ4n) is 18.6. The third kappa shape index (κ3) is 10.7. The quantitative estimate of drug-likeness (QED) is 0.186. The molecular formula is C64H96O17. The van der Waals surface area contributed by atoms with Gasteiger partial charge < -0.3 is 82.4 Å². The molecule has 14 aliphatic rings. The van der Waals surface area contributed by atoms with Crippen molar-refractivity contribution in [1.29, 1.82) is 0 Å². The zero-order valence-corrected chi connectivity index (χ0v) is 48.7. The van der Waals surface area contributed by atoms with Crippen molar-refractivity contribution >= 4 is 0 Å². The van der Waals surface area contributed by atoms with Crippen LogP contribution in [0.3, 0.4) is 0 Å². The van der Waals surface area contributed by atoms with Gasteiger partial charge in [-0.1, -0.05) is 57.2 Å². The Morgan fingerprint density at radius 2 is 0.988 bits per heavy atom. The maximum Gasteiger partial charge on any atom is 0.118 e. The molecule has 31 atom stereocenters. The van der Waals surface area contributed by atoms with Gasteiger partial charge in [0.2, 0.25) is 0 Å². The zero-order valence-electron chi connectivity index (χ0n) is 48.7. The number of aliphatic hydroxyl groups excluding tert-OH is 4. The summed E-state index contributed by atoms with van der Waals surface area (Å²) >= 11 is 0. The number of fused-ring (bicyclic) bond motifs is 13. The molecule has 31 unspecified atom stereocenters. The average Bonchev–Trinajstić information content (AvgIpc) is 3.83. The van der Waals surface area contributed by atoms with Crippen molar-refractivity contribution in [3.8, 4) is 0 Å². The van der Waals surface area contributed by atoms with Gasteiger partial charge in [0.05, 0.1) is 140 Å². The molecule has 17 heteroatoms. The summed E-state index contributed by atoms with van der Waals surface area (Å²) in [7, 11) is 0. The van der Waals surface area contributed by atoms with Gasteiger partial charge in [0.1, 0.15) is 29.5 Å². The van der Waals surface area contributed by atoms with Crippen LogP contribution in [0.15, 0.2) is 36.5 Å². The molecule has 0 bridgehead atoms. The minimum absolute atomic E-state index is 0.00204. The highest BCUT2D eigenvalue weighted by molar-refractivity contribution is 5.15. The van der Waals surface area contributed by atoms with Crippen LogP contribution in [0.25, 0.3) is 0 Å². The Bertz CT molecular complexity index is 2340. The van der Waals surface area contributed by atoms with Gasteiger partial charge in [-0.05, 0) is 120 Å². The molecule has 17 nitrogen and oxygen atoms in total. The van der Waals surface area contributed by atoms with Crippen LogP contribution in [-0.4, -0.2) is 202 Å². The minimum atomic E-state index is -1.03. The molecule has 0 radical (unpaired) electrons. The number of aliphatic hydroxyl groups is 5. The molecule has 0 aromatic carbocycles. The van der Waals surface area contributed by atoms with Crippen LogP contribution in [-0.2, 0) is 56.8 Å². The monoisotopic (exact) mass is 1140 g/mol. The summed E-state index contributed by atoms with van der Waals surface area (Å²) < 4.78 is 84.0. The van der Waals surface area contributed by atoms with E-state index in [-0.39, 0.29) is 139 Å². The lowest BCUT2D eigenvalue weighted by Gasteiger charge is -2.56. The van der Waals surface area contributed by atoms with Crippen molar-refractivity contribution in [2.45, 2.75) is 326 Å². The smallest absolute Gasteiger partial charge is 0.118 e. The molecule has 454 valence electrons. The first kappa shape index (κ1) is 57.3. The van der Waals surface area contributed by atoms with E-state index in [4.69, 9.17) is 56.8 Å². The molecule has 0 amide bonds. The molecule has 0 aromatic rings. The van der Waals surface area contributed by atoms with Gasteiger partial charge in [-0.15, -0.1) is 0 Å². The molecule has 12 heterocycles. The van der Waals surface area contributed by atoms with Crippen molar-refractivity contribution in [2.75, 3.05) is 13.2 Å². The highest BCUT2D eigenvalue weighted by Gasteiger charge is 2.64. The van der Waals surface area contributed by atoms with Crippen molar-refractivity contribution in [1.82, 2.24) is 0 Å². The van der Waals surface area contributed by atoms with Crippen LogP contribution in [0, 0.1) is 22.7 Å². The number of hydrogen-bond acceptors (Lipinski definition) is 17. The Kier molecular flexibility index (Phi) is 15.6. The third-order valence-electron chi connectivity index (χ3n) is 23.5. The van der Waals surface area contributed by atoms with E-state index in [1.165, 1.54) is 0 Å². The fraction of sp³-hybridized carbons (Fsp3) is 0.906. The van der Waals surface area contributed by atoms with E-state index < -0.39 is 53.4 Å². The van der Waals surface area contributed by atoms with Gasteiger partial charge in [0, 0.05) is 51.6 Å². The lowest BCUT2D eigenvalue weighted by molar-refractivity contribution is -0.302. The lowest BCUT2D eigenvalue weighted by Crippen LogP contribution is -2.63. The van der Waals surface area contributed by atoms with Gasteiger partial charge in [-0.3, -0.25) is 0 Å². The van der Waals surface area contributed by atoms with Crippen LogP contribution < -0.4 is 0 Å². The van der Waals surface area contributed by atoms with E-state index in [0.717, 1.165) is 51.4 Å². The predicted molar refractivity (Wildman–Crippen MR) is 293 cm³/mol. The first-order valence-electron chi connectivity index (χ1n) is 32.1. The minimum Gasteiger partial charge on any atom is -0.393 e. The Morgan fingerprint density at radius 3 is 1.75 bits per heavy atom. The summed E-state index contributed by atoms with van der Waals surface area (Å²) in [6, 6.07) is 0. The van der Waals surface area contributed by atoms with Crippen LogP contribution in [0.4, 0.5) is 0 Å². The van der Waals surface area contributed by atoms with Crippen LogP contribution in [0.5, 0.6) is 0 Å². The fourth-order valence-corrected chi connectivity index (χ4v) is 18.6. The SMILES string of the molecule is CC1CC2OC3CC(O)C4(C)OC5CCC6CC(O)(CO)CCC6(C)CC5(C)CC4OC3CC2OC2CC3OC4CC=CCC5OC6C=CC7OC8CC9OCCC(O)CC9OC8CC7OC6CC=CC5OC4CC(O)C3(C)OC2C1. The molecule has 11 fully saturated rings. The van der Waals surface area contributed by atoms with Gasteiger partial charge in [0.25, 0.3) is 0 Å². The van der Waals surface area contributed by atoms with Crippen molar-refractivity contribution in [3.63, 3.8) is 0 Å². The Hall–Kier alpha value is -1.46. The molecule has 0 spiro atoms. The molecule has 12 aliphatic heterocycles. The summed E-state index contributed by atoms with van der Waals surface area (Å²) in [5.74, 6) is 0.512. The first-order valence-corrected chi connectivity index (χ1v) is 32.1. The summed E-state index contributed by atoms with van der Waals surface area (Å²) in [6.45, 7) is 11.4. The standard InChI is InChI=1S/C64H96O17/c1-34-21-44-48(26-50-52(75-44)28-56(68)63(5)59(79-50)31-61(3)32-60(2)18-19-64(69,33-65)30-35(60)13-16-57(61)81-63)77-53-29-58-62(4,80-54(53)22-34)55(67)27-51-40(78-58)10-7-6-9-37-38(73-51)11-8-12-39-41(71-37)14-15-42-46(72-39)25-49-47(74-42)24-43-45(76-49)23-36(66)17-20-70-43/h6-8,11,14-15,34-59,65-69H,9-10,12-13,16-33H2,1-5H3. The number of hydrogen-bond donors (Lipinski definition) is 5. The number of rotatable bonds is 1. The topological polar surface area (TPSA) is 212 Å². The maximum atomic E-state index is 12.5. The highest BCUT2D eigenvalue weighted by atomic mass is 16.6. The second-order valence-electron chi connectivity index (χ2n) is 29.4. The van der Waals surface area contributed by atoms with Crippen LogP contribution in [0.2, 0.25) is 0 Å². The van der Waals surface area contributed by atoms with E-state index in [2.05, 4.69) is 57.2 Å². The second kappa shape index (κ2) is 22.0. The Balaban J connectivity index is 0.649. The molecular weight excluding hydrogens is 1040 g/mol. The molecule has 81 heavy (non-hydrogen) atoms. The van der Waals surface area contributed by atoms with Crippen molar-refractivity contribution < 1.29 is 82.4 Å². The second-order valence-corrected chi connectivity index (χ2v) is 29.4. The van der Waals surface area contributed by atoms with Gasteiger partial charge in [0.15, 0.2) is 0 Å². The van der Waals surface area contributed by atoms with Gasteiger partial charge in [-0.2, -0.15) is 0 Å². The highest BCUT2D eigenvalue weighted by Crippen LogP contribution is 2.61. The van der Waals surface area contributed by atoms with Crippen LogP contribution >= 0.6 is 0 Å². The van der Waals surface area contributed by atoms with Crippen LogP contribution in [0.1, 0.15) is 163 Å². The van der Waals surface area contributed by atoms with E-state index in [0.29, 0.717) is 83.7 Å². The van der Waals surface area contributed by atoms with Gasteiger partial charge >= 0.3 is 0 Å². The number of ether oxygens (including phenoxy) is 12. The van der Waals surface area contributed by atoms with Gasteiger partial charge in [-0.25, -0.2) is 0 Å². The summed E-state index contributed by atoms with van der Waals surface area (Å²) in [6.07, 6.45) is 18.6. The third-order valence-corrected chi connectivity index (χ3v) is 23.5. The molecule has 5 N–H and O–H groups in total. The van der Waals surface area contributed by atoms with E-state index in [1.54, 1.807) is 0 Å². The van der Waals surface area contributed by atoms with E-state index in [1.807, 2.05) is 13.8 Å².